The molecule has 2 unspecified atom stereocenters. The maximum atomic E-state index is 12.0. The molecule has 0 aromatic rings. The van der Waals surface area contributed by atoms with Crippen LogP contribution in [0, 0.1) is 0 Å². The van der Waals surface area contributed by atoms with Crippen LogP contribution in [0.1, 0.15) is 181 Å². The Balaban J connectivity index is 3.62. The van der Waals surface area contributed by atoms with E-state index in [1.807, 2.05) is 0 Å². The largest absolute Gasteiger partial charge is 0.472 e. The van der Waals surface area contributed by atoms with E-state index in [0.29, 0.717) is 6.42 Å². The first kappa shape index (κ1) is 45.8. The van der Waals surface area contributed by atoms with Gasteiger partial charge in [0.2, 0.25) is 5.91 Å². The zero-order valence-corrected chi connectivity index (χ0v) is 31.1. The van der Waals surface area contributed by atoms with Crippen LogP contribution in [0.4, 0.5) is 0 Å². The van der Waals surface area contributed by atoms with E-state index in [-0.39, 0.29) is 32.1 Å². The standard InChI is InChI=1S/C37H72NO8P/c1-3-5-7-9-11-13-15-17-19-21-23-25-27-29-36(40)38-31-32-45-47(42,43)46-34-35(39)33-44-37(41)30-28-26-24-22-20-18-16-14-12-10-8-6-4-2/h13,15,35,39H,3-12,14,16-34H2,1-2H3,(H,38,40)(H,42,43)/b15-13-. The van der Waals surface area contributed by atoms with E-state index < -0.39 is 26.5 Å². The highest BCUT2D eigenvalue weighted by atomic mass is 31.2. The van der Waals surface area contributed by atoms with E-state index in [1.54, 1.807) is 0 Å². The molecule has 0 spiro atoms. The monoisotopic (exact) mass is 689 g/mol. The van der Waals surface area contributed by atoms with Crippen molar-refractivity contribution in [2.24, 2.45) is 0 Å². The second-order valence-electron chi connectivity index (χ2n) is 12.9. The third kappa shape index (κ3) is 35.9. The van der Waals surface area contributed by atoms with Crippen LogP contribution in [0.15, 0.2) is 12.2 Å². The summed E-state index contributed by atoms with van der Waals surface area (Å²) in [4.78, 5) is 33.7. The lowest BCUT2D eigenvalue weighted by Crippen LogP contribution is -2.27. The van der Waals surface area contributed by atoms with Crippen molar-refractivity contribution in [2.75, 3.05) is 26.4 Å². The molecule has 278 valence electrons. The summed E-state index contributed by atoms with van der Waals surface area (Å²) in [6, 6.07) is 0. The Labute approximate surface area is 288 Å². The quantitative estimate of drug-likeness (QED) is 0.0256. The molecule has 1 amide bonds. The zero-order valence-electron chi connectivity index (χ0n) is 30.2. The maximum Gasteiger partial charge on any atom is 0.472 e. The highest BCUT2D eigenvalue weighted by molar-refractivity contribution is 7.47. The van der Waals surface area contributed by atoms with E-state index in [0.717, 1.165) is 51.4 Å². The van der Waals surface area contributed by atoms with E-state index in [9.17, 15) is 24.2 Å². The second kappa shape index (κ2) is 34.6. The molecule has 0 bridgehead atoms. The Hall–Kier alpha value is -1.25. The highest BCUT2D eigenvalue weighted by Gasteiger charge is 2.23. The number of carbonyl (C=O) groups excluding carboxylic acids is 2. The van der Waals surface area contributed by atoms with Crippen LogP contribution in [0.2, 0.25) is 0 Å². The molecule has 0 saturated carbocycles. The summed E-state index contributed by atoms with van der Waals surface area (Å²) in [7, 11) is -4.41. The van der Waals surface area contributed by atoms with E-state index in [4.69, 9.17) is 13.8 Å². The number of hydrogen-bond acceptors (Lipinski definition) is 7. The fourth-order valence-corrected chi connectivity index (χ4v) is 6.01. The van der Waals surface area contributed by atoms with Crippen molar-refractivity contribution in [1.82, 2.24) is 5.32 Å². The minimum atomic E-state index is -4.41. The van der Waals surface area contributed by atoms with Crippen molar-refractivity contribution in [3.8, 4) is 0 Å². The predicted molar refractivity (Wildman–Crippen MR) is 192 cm³/mol. The molecule has 0 radical (unpaired) electrons. The summed E-state index contributed by atoms with van der Waals surface area (Å²) >= 11 is 0. The highest BCUT2D eigenvalue weighted by Crippen LogP contribution is 2.42. The number of esters is 1. The molecular weight excluding hydrogens is 617 g/mol. The summed E-state index contributed by atoms with van der Waals surface area (Å²) in [6.45, 7) is 3.53. The average Bonchev–Trinajstić information content (AvgIpc) is 3.05. The number of unbranched alkanes of at least 4 members (excludes halogenated alkanes) is 21. The van der Waals surface area contributed by atoms with E-state index in [1.165, 1.54) is 103 Å². The number of nitrogens with one attached hydrogen (secondary N) is 1. The van der Waals surface area contributed by atoms with Gasteiger partial charge in [0.15, 0.2) is 0 Å². The van der Waals surface area contributed by atoms with Crippen LogP contribution in [0.25, 0.3) is 0 Å². The van der Waals surface area contributed by atoms with Gasteiger partial charge in [0.1, 0.15) is 12.7 Å². The number of carbonyl (C=O) groups is 2. The molecule has 3 N–H and O–H groups in total. The number of phosphoric acid groups is 1. The smallest absolute Gasteiger partial charge is 0.463 e. The van der Waals surface area contributed by atoms with Crippen molar-refractivity contribution in [2.45, 2.75) is 187 Å². The lowest BCUT2D eigenvalue weighted by atomic mass is 10.0. The van der Waals surface area contributed by atoms with Gasteiger partial charge in [-0.05, 0) is 38.5 Å². The van der Waals surface area contributed by atoms with Crippen molar-refractivity contribution < 1.29 is 37.9 Å². The molecule has 9 nitrogen and oxygen atoms in total. The summed E-state index contributed by atoms with van der Waals surface area (Å²) in [5, 5.41) is 12.6. The molecule has 0 heterocycles. The summed E-state index contributed by atoms with van der Waals surface area (Å²) < 4.78 is 26.7. The molecule has 0 rings (SSSR count). The number of allylic oxidation sites excluding steroid dienone is 2. The van der Waals surface area contributed by atoms with E-state index in [2.05, 4.69) is 31.3 Å². The van der Waals surface area contributed by atoms with Gasteiger partial charge in [0, 0.05) is 19.4 Å². The lowest BCUT2D eigenvalue weighted by molar-refractivity contribution is -0.147. The van der Waals surface area contributed by atoms with Crippen molar-refractivity contribution >= 4 is 19.7 Å². The molecule has 0 aromatic heterocycles. The Kier molecular flexibility index (Phi) is 33.7. The third-order valence-corrected chi connectivity index (χ3v) is 9.18. The maximum absolute atomic E-state index is 12.0. The number of aliphatic hydroxyl groups is 1. The number of hydrogen-bond donors (Lipinski definition) is 3. The third-order valence-electron chi connectivity index (χ3n) is 8.20. The van der Waals surface area contributed by atoms with Crippen molar-refractivity contribution in [1.29, 1.82) is 0 Å². The van der Waals surface area contributed by atoms with Gasteiger partial charge in [-0.1, -0.05) is 142 Å². The SMILES string of the molecule is CCCCCC/C=C\CCCCCCCC(=O)NCCOP(=O)(O)OCC(O)COC(=O)CCCCCCCCCCCCCCC. The van der Waals surface area contributed by atoms with Gasteiger partial charge < -0.3 is 20.1 Å². The molecule has 0 aliphatic carbocycles. The first-order valence-corrected chi connectivity index (χ1v) is 20.7. The first-order chi connectivity index (χ1) is 22.8. The summed E-state index contributed by atoms with van der Waals surface area (Å²) in [6.07, 6.45) is 32.8. The molecular formula is C37H72NO8P. The molecule has 47 heavy (non-hydrogen) atoms. The number of aliphatic hydroxyl groups excluding tert-OH is 1. The van der Waals surface area contributed by atoms with Gasteiger partial charge in [-0.15, -0.1) is 0 Å². The molecule has 0 saturated heterocycles. The minimum Gasteiger partial charge on any atom is -0.463 e. The fraction of sp³-hybridized carbons (Fsp3) is 0.892. The predicted octanol–water partition coefficient (Wildman–Crippen LogP) is 9.88. The summed E-state index contributed by atoms with van der Waals surface area (Å²) in [5.74, 6) is -0.521. The van der Waals surface area contributed by atoms with Crippen LogP contribution >= 0.6 is 7.82 Å². The lowest BCUT2D eigenvalue weighted by Gasteiger charge is -2.15. The van der Waals surface area contributed by atoms with Gasteiger partial charge in [-0.3, -0.25) is 18.6 Å². The molecule has 2 atom stereocenters. The van der Waals surface area contributed by atoms with Crippen LogP contribution in [0.3, 0.4) is 0 Å². The average molecular weight is 690 g/mol. The fourth-order valence-electron chi connectivity index (χ4n) is 5.26. The van der Waals surface area contributed by atoms with Gasteiger partial charge in [-0.2, -0.15) is 0 Å². The topological polar surface area (TPSA) is 131 Å². The van der Waals surface area contributed by atoms with Gasteiger partial charge >= 0.3 is 13.8 Å². The number of phosphoric ester groups is 1. The van der Waals surface area contributed by atoms with Gasteiger partial charge in [0.25, 0.3) is 0 Å². The molecule has 0 aliphatic heterocycles. The Morgan fingerprint density at radius 2 is 1.09 bits per heavy atom. The van der Waals surface area contributed by atoms with Crippen LogP contribution in [-0.2, 0) is 27.9 Å². The van der Waals surface area contributed by atoms with Crippen molar-refractivity contribution in [3.63, 3.8) is 0 Å². The van der Waals surface area contributed by atoms with Gasteiger partial charge in [-0.25, -0.2) is 4.57 Å². The van der Waals surface area contributed by atoms with E-state index >= 15 is 0 Å². The normalized spacial score (nSPS) is 13.5. The second-order valence-corrected chi connectivity index (χ2v) is 14.4. The zero-order chi connectivity index (χ0) is 34.7. The van der Waals surface area contributed by atoms with Crippen LogP contribution in [-0.4, -0.2) is 54.3 Å². The molecule has 10 heteroatoms. The molecule has 0 fully saturated rings. The summed E-state index contributed by atoms with van der Waals surface area (Å²) in [5.41, 5.74) is 0. The molecule has 0 aliphatic rings. The number of amides is 1. The minimum absolute atomic E-state index is 0.0802. The van der Waals surface area contributed by atoms with Gasteiger partial charge in [0.05, 0.1) is 13.2 Å². The Bertz CT molecular complexity index is 794. The van der Waals surface area contributed by atoms with Crippen molar-refractivity contribution in [3.05, 3.63) is 12.2 Å². The Morgan fingerprint density at radius 3 is 1.62 bits per heavy atom. The van der Waals surface area contributed by atoms with Crippen LogP contribution < -0.4 is 5.32 Å². The first-order valence-electron chi connectivity index (χ1n) is 19.2. The molecule has 0 aromatic carbocycles. The number of rotatable bonds is 36. The Morgan fingerprint density at radius 1 is 0.638 bits per heavy atom. The number of ether oxygens (including phenoxy) is 1. The van der Waals surface area contributed by atoms with Crippen LogP contribution in [0.5, 0.6) is 0 Å².